The lowest BCUT2D eigenvalue weighted by Gasteiger charge is -2.20. The maximum Gasteiger partial charge on any atom is 0.238 e. The van der Waals surface area contributed by atoms with Crippen molar-refractivity contribution in [1.29, 1.82) is 0 Å². The second-order valence-electron chi connectivity index (χ2n) is 7.26. The first-order chi connectivity index (χ1) is 14.9. The number of hydrogen-bond donors (Lipinski definition) is 2. The van der Waals surface area contributed by atoms with Crippen LogP contribution in [0.5, 0.6) is 0 Å². The van der Waals surface area contributed by atoms with Crippen LogP contribution in [0.1, 0.15) is 34.5 Å². The van der Waals surface area contributed by atoms with Gasteiger partial charge in [-0.3, -0.25) is 4.79 Å². The van der Waals surface area contributed by atoms with Gasteiger partial charge in [-0.15, -0.1) is 0 Å². The zero-order valence-electron chi connectivity index (χ0n) is 16.7. The Morgan fingerprint density at radius 3 is 2.58 bits per heavy atom. The highest BCUT2D eigenvalue weighted by molar-refractivity contribution is 7.99. The van der Waals surface area contributed by atoms with Gasteiger partial charge in [-0.05, 0) is 43.9 Å². The molecule has 1 heterocycles. The number of carbonyl (C=O) groups excluding carboxylic acids is 1. The molecule has 0 atom stereocenters. The SMILES string of the molecule is NS(=O)(=O)c1cccc(Nc2nc(SCC(=O)c3ccccc3)nc3c2CCCC3)c1. The number of Topliss-reactive ketones (excluding diaryl/α,β-unsaturated/α-hetero) is 1. The average Bonchev–Trinajstić information content (AvgIpc) is 2.78. The van der Waals surface area contributed by atoms with Gasteiger partial charge in [0.25, 0.3) is 0 Å². The third-order valence-corrected chi connectivity index (χ3v) is 6.77. The minimum Gasteiger partial charge on any atom is -0.340 e. The third kappa shape index (κ3) is 5.30. The van der Waals surface area contributed by atoms with Gasteiger partial charge in [0.05, 0.1) is 16.3 Å². The molecule has 0 saturated carbocycles. The normalized spacial score (nSPS) is 13.5. The molecule has 7 nitrogen and oxygen atoms in total. The first-order valence-electron chi connectivity index (χ1n) is 9.91. The Labute approximate surface area is 185 Å². The number of hydrogen-bond acceptors (Lipinski definition) is 7. The van der Waals surface area contributed by atoms with E-state index in [9.17, 15) is 13.2 Å². The van der Waals surface area contributed by atoms with Crippen LogP contribution in [0.4, 0.5) is 11.5 Å². The first kappa shape index (κ1) is 21.5. The van der Waals surface area contributed by atoms with Crippen molar-refractivity contribution in [3.05, 3.63) is 71.4 Å². The minimum absolute atomic E-state index is 0.0160. The summed E-state index contributed by atoms with van der Waals surface area (Å²) in [7, 11) is -3.80. The number of thioether (sulfide) groups is 1. The highest BCUT2D eigenvalue weighted by Crippen LogP contribution is 2.30. The molecule has 0 fully saturated rings. The van der Waals surface area contributed by atoms with Crippen molar-refractivity contribution in [2.24, 2.45) is 5.14 Å². The summed E-state index contributed by atoms with van der Waals surface area (Å²) in [4.78, 5) is 21.8. The molecule has 0 radical (unpaired) electrons. The van der Waals surface area contributed by atoms with Crippen molar-refractivity contribution in [2.45, 2.75) is 35.7 Å². The van der Waals surface area contributed by atoms with E-state index in [1.807, 2.05) is 18.2 Å². The van der Waals surface area contributed by atoms with E-state index in [0.717, 1.165) is 36.9 Å². The van der Waals surface area contributed by atoms with Crippen molar-refractivity contribution in [3.63, 3.8) is 0 Å². The van der Waals surface area contributed by atoms with E-state index in [1.165, 1.54) is 23.9 Å². The van der Waals surface area contributed by atoms with Crippen LogP contribution in [0.2, 0.25) is 0 Å². The molecule has 1 aliphatic rings. The van der Waals surface area contributed by atoms with E-state index < -0.39 is 10.0 Å². The summed E-state index contributed by atoms with van der Waals surface area (Å²) in [5, 5.41) is 9.01. The fourth-order valence-electron chi connectivity index (χ4n) is 3.46. The number of nitrogens with two attached hydrogens (primary N) is 1. The van der Waals surface area contributed by atoms with Crippen LogP contribution in [0.15, 0.2) is 64.6 Å². The monoisotopic (exact) mass is 454 g/mol. The number of rotatable bonds is 7. The Morgan fingerprint density at radius 1 is 1.03 bits per heavy atom. The number of aromatic nitrogens is 2. The van der Waals surface area contributed by atoms with Gasteiger partial charge in [0.2, 0.25) is 10.0 Å². The van der Waals surface area contributed by atoms with E-state index in [-0.39, 0.29) is 16.4 Å². The fourth-order valence-corrected chi connectivity index (χ4v) is 4.78. The Morgan fingerprint density at radius 2 is 1.81 bits per heavy atom. The molecule has 31 heavy (non-hydrogen) atoms. The van der Waals surface area contributed by atoms with Crippen LogP contribution in [-0.4, -0.2) is 29.9 Å². The number of fused-ring (bicyclic) bond motifs is 1. The summed E-state index contributed by atoms with van der Waals surface area (Å²) in [6.07, 6.45) is 3.79. The van der Waals surface area contributed by atoms with Crippen LogP contribution in [-0.2, 0) is 22.9 Å². The van der Waals surface area contributed by atoms with E-state index in [4.69, 9.17) is 5.14 Å². The topological polar surface area (TPSA) is 115 Å². The summed E-state index contributed by atoms with van der Waals surface area (Å²) in [5.41, 5.74) is 3.24. The van der Waals surface area contributed by atoms with E-state index in [0.29, 0.717) is 22.2 Å². The maximum atomic E-state index is 12.5. The molecule has 0 saturated heterocycles. The number of anilines is 2. The lowest BCUT2D eigenvalue weighted by Crippen LogP contribution is -2.14. The summed E-state index contributed by atoms with van der Waals surface area (Å²) < 4.78 is 23.4. The fraction of sp³-hybridized carbons (Fsp3) is 0.227. The molecule has 2 aromatic carbocycles. The summed E-state index contributed by atoms with van der Waals surface area (Å²) in [5.74, 6) is 0.900. The standard InChI is InChI=1S/C22H22N4O3S2/c23-31(28,29)17-10-6-9-16(13-17)24-21-18-11-4-5-12-19(18)25-22(26-21)30-14-20(27)15-7-2-1-3-8-15/h1-3,6-10,13H,4-5,11-12,14H2,(H2,23,28,29)(H,24,25,26). The van der Waals surface area contributed by atoms with Crippen LogP contribution in [0.3, 0.4) is 0 Å². The Bertz CT molecular complexity index is 1210. The van der Waals surface area contributed by atoms with Gasteiger partial charge in [-0.25, -0.2) is 23.5 Å². The highest BCUT2D eigenvalue weighted by Gasteiger charge is 2.19. The number of sulfonamides is 1. The van der Waals surface area contributed by atoms with Crippen molar-refractivity contribution in [1.82, 2.24) is 9.97 Å². The Balaban J connectivity index is 1.59. The van der Waals surface area contributed by atoms with E-state index >= 15 is 0 Å². The van der Waals surface area contributed by atoms with Crippen LogP contribution >= 0.6 is 11.8 Å². The van der Waals surface area contributed by atoms with Crippen molar-refractivity contribution >= 4 is 39.1 Å². The zero-order valence-corrected chi connectivity index (χ0v) is 18.4. The number of carbonyl (C=O) groups is 1. The number of nitrogens with one attached hydrogen (secondary N) is 1. The number of aryl methyl sites for hydroxylation is 1. The molecule has 0 aliphatic heterocycles. The molecule has 0 spiro atoms. The molecule has 4 rings (SSSR count). The molecular formula is C22H22N4O3S2. The Kier molecular flexibility index (Phi) is 6.35. The first-order valence-corrected chi connectivity index (χ1v) is 12.4. The lowest BCUT2D eigenvalue weighted by molar-refractivity contribution is 0.102. The second-order valence-corrected chi connectivity index (χ2v) is 9.77. The average molecular weight is 455 g/mol. The van der Waals surface area contributed by atoms with Crippen molar-refractivity contribution < 1.29 is 13.2 Å². The van der Waals surface area contributed by atoms with Gasteiger partial charge in [-0.2, -0.15) is 0 Å². The van der Waals surface area contributed by atoms with Gasteiger partial charge < -0.3 is 5.32 Å². The third-order valence-electron chi connectivity index (χ3n) is 5.02. The lowest BCUT2D eigenvalue weighted by atomic mass is 9.96. The molecule has 0 amide bonds. The number of benzene rings is 2. The molecule has 1 aromatic heterocycles. The molecule has 9 heteroatoms. The summed E-state index contributed by atoms with van der Waals surface area (Å²) in [6.45, 7) is 0. The number of ketones is 1. The molecule has 160 valence electrons. The predicted octanol–water partition coefficient (Wildman–Crippen LogP) is 3.72. The molecule has 0 bridgehead atoms. The van der Waals surface area contributed by atoms with Gasteiger partial charge in [0, 0.05) is 16.8 Å². The number of nitrogens with zero attached hydrogens (tertiary/aromatic N) is 2. The van der Waals surface area contributed by atoms with Gasteiger partial charge in [-0.1, -0.05) is 48.2 Å². The predicted molar refractivity (Wildman–Crippen MR) is 121 cm³/mol. The van der Waals surface area contributed by atoms with Crippen LogP contribution in [0.25, 0.3) is 0 Å². The molecule has 0 unspecified atom stereocenters. The van der Waals surface area contributed by atoms with Crippen LogP contribution in [0, 0.1) is 0 Å². The molecule has 1 aliphatic carbocycles. The van der Waals surface area contributed by atoms with E-state index in [1.54, 1.807) is 24.3 Å². The quantitative estimate of drug-likeness (QED) is 0.318. The van der Waals surface area contributed by atoms with Crippen molar-refractivity contribution in [3.8, 4) is 0 Å². The van der Waals surface area contributed by atoms with Crippen LogP contribution < -0.4 is 10.5 Å². The smallest absolute Gasteiger partial charge is 0.238 e. The molecule has 3 aromatic rings. The number of primary sulfonamides is 1. The summed E-state index contributed by atoms with van der Waals surface area (Å²) >= 11 is 1.30. The van der Waals surface area contributed by atoms with E-state index in [2.05, 4.69) is 15.3 Å². The maximum absolute atomic E-state index is 12.5. The van der Waals surface area contributed by atoms with Gasteiger partial charge in [0.1, 0.15) is 5.82 Å². The molecule has 3 N–H and O–H groups in total. The van der Waals surface area contributed by atoms with Gasteiger partial charge in [0.15, 0.2) is 10.9 Å². The second kappa shape index (κ2) is 9.17. The highest BCUT2D eigenvalue weighted by atomic mass is 32.2. The molecular weight excluding hydrogens is 432 g/mol. The largest absolute Gasteiger partial charge is 0.340 e. The zero-order chi connectivity index (χ0) is 21.8. The van der Waals surface area contributed by atoms with Gasteiger partial charge >= 0.3 is 0 Å². The minimum atomic E-state index is -3.80. The van der Waals surface area contributed by atoms with Crippen molar-refractivity contribution in [2.75, 3.05) is 11.1 Å². The summed E-state index contributed by atoms with van der Waals surface area (Å²) in [6, 6.07) is 15.5. The Hall–Kier alpha value is -2.75.